The number of ether oxygens (including phenoxy) is 1. The van der Waals surface area contributed by atoms with Crippen LogP contribution in [0.4, 0.5) is 0 Å². The van der Waals surface area contributed by atoms with Crippen molar-refractivity contribution in [1.29, 1.82) is 0 Å². The van der Waals surface area contributed by atoms with Crippen molar-refractivity contribution < 1.29 is 9.53 Å². The Kier molecular flexibility index (Phi) is 5.05. The molecular formula is C15H21BrN2O2. The van der Waals surface area contributed by atoms with Crippen molar-refractivity contribution >= 4 is 21.8 Å². The standard InChI is InChI=1S/C15H21BrN2O2/c1-10(13-6-5-12(20-3)8-14(13)16)17-11-4-7-15(19)18(2)9-11/h5-6,8,10-11,17H,4,7,9H2,1-3H3/t10-,11+/m0/s1. The van der Waals surface area contributed by atoms with Gasteiger partial charge in [0.15, 0.2) is 0 Å². The van der Waals surface area contributed by atoms with Crippen LogP contribution in [0.2, 0.25) is 0 Å². The molecule has 0 bridgehead atoms. The maximum absolute atomic E-state index is 11.5. The van der Waals surface area contributed by atoms with Gasteiger partial charge in [-0.2, -0.15) is 0 Å². The number of piperidine rings is 1. The molecule has 2 rings (SSSR count). The van der Waals surface area contributed by atoms with E-state index in [4.69, 9.17) is 4.74 Å². The Balaban J connectivity index is 2.01. The Hall–Kier alpha value is -1.07. The van der Waals surface area contributed by atoms with Crippen LogP contribution in [0, 0.1) is 0 Å². The van der Waals surface area contributed by atoms with Crippen molar-refractivity contribution in [3.05, 3.63) is 28.2 Å². The van der Waals surface area contributed by atoms with Crippen molar-refractivity contribution in [2.75, 3.05) is 20.7 Å². The van der Waals surface area contributed by atoms with Crippen LogP contribution in [0.15, 0.2) is 22.7 Å². The highest BCUT2D eigenvalue weighted by atomic mass is 79.9. The molecule has 1 aromatic carbocycles. The second-order valence-electron chi connectivity index (χ2n) is 5.29. The molecule has 1 aliphatic rings. The summed E-state index contributed by atoms with van der Waals surface area (Å²) in [6.45, 7) is 2.92. The van der Waals surface area contributed by atoms with Crippen molar-refractivity contribution in [3.63, 3.8) is 0 Å². The lowest BCUT2D eigenvalue weighted by Gasteiger charge is -2.32. The van der Waals surface area contributed by atoms with E-state index in [1.165, 1.54) is 5.56 Å². The molecule has 110 valence electrons. The van der Waals surface area contributed by atoms with Crippen molar-refractivity contribution in [1.82, 2.24) is 10.2 Å². The highest BCUT2D eigenvalue weighted by Crippen LogP contribution is 2.28. The zero-order chi connectivity index (χ0) is 14.7. The lowest BCUT2D eigenvalue weighted by Crippen LogP contribution is -2.47. The Morgan fingerprint density at radius 3 is 2.85 bits per heavy atom. The molecule has 2 atom stereocenters. The van der Waals surface area contributed by atoms with Crippen LogP contribution in [0.1, 0.15) is 31.4 Å². The molecule has 1 aliphatic heterocycles. The van der Waals surface area contributed by atoms with Crippen molar-refractivity contribution in [3.8, 4) is 5.75 Å². The number of hydrogen-bond acceptors (Lipinski definition) is 3. The number of nitrogens with zero attached hydrogens (tertiary/aromatic N) is 1. The van der Waals surface area contributed by atoms with Crippen LogP contribution in [0.5, 0.6) is 5.75 Å². The average Bonchev–Trinajstić information content (AvgIpc) is 2.42. The summed E-state index contributed by atoms with van der Waals surface area (Å²) in [6.07, 6.45) is 1.53. The zero-order valence-electron chi connectivity index (χ0n) is 12.1. The van der Waals surface area contributed by atoms with Gasteiger partial charge < -0.3 is 15.0 Å². The van der Waals surface area contributed by atoms with Crippen molar-refractivity contribution in [2.24, 2.45) is 0 Å². The van der Waals surface area contributed by atoms with Crippen LogP contribution < -0.4 is 10.1 Å². The summed E-state index contributed by atoms with van der Waals surface area (Å²) in [5.41, 5.74) is 1.20. The molecule has 0 radical (unpaired) electrons. The van der Waals surface area contributed by atoms with E-state index in [1.807, 2.05) is 19.2 Å². The molecule has 20 heavy (non-hydrogen) atoms. The van der Waals surface area contributed by atoms with Gasteiger partial charge in [-0.25, -0.2) is 0 Å². The molecule has 1 N–H and O–H groups in total. The number of likely N-dealkylation sites (N-methyl/N-ethyl adjacent to an activating group) is 1. The third-order valence-electron chi connectivity index (χ3n) is 3.79. The molecule has 0 aliphatic carbocycles. The number of benzene rings is 1. The van der Waals surface area contributed by atoms with E-state index in [0.717, 1.165) is 23.2 Å². The van der Waals surface area contributed by atoms with Gasteiger partial charge in [-0.1, -0.05) is 22.0 Å². The maximum Gasteiger partial charge on any atom is 0.222 e. The largest absolute Gasteiger partial charge is 0.497 e. The normalized spacial score (nSPS) is 20.9. The number of nitrogens with one attached hydrogen (secondary N) is 1. The SMILES string of the molecule is COc1ccc([C@H](C)N[C@@H]2CCC(=O)N(C)C2)c(Br)c1. The lowest BCUT2D eigenvalue weighted by molar-refractivity contribution is -0.132. The Labute approximate surface area is 128 Å². The predicted molar refractivity (Wildman–Crippen MR) is 82.9 cm³/mol. The predicted octanol–water partition coefficient (Wildman–Crippen LogP) is 2.73. The number of carbonyl (C=O) groups is 1. The highest BCUT2D eigenvalue weighted by Gasteiger charge is 2.24. The minimum Gasteiger partial charge on any atom is -0.497 e. The van der Waals surface area contributed by atoms with Crippen LogP contribution in [-0.2, 0) is 4.79 Å². The van der Waals surface area contributed by atoms with Gasteiger partial charge in [0.2, 0.25) is 5.91 Å². The molecule has 5 heteroatoms. The molecule has 0 aromatic heterocycles. The summed E-state index contributed by atoms with van der Waals surface area (Å²) in [6, 6.07) is 6.58. The third-order valence-corrected chi connectivity index (χ3v) is 4.47. The minimum atomic E-state index is 0.224. The molecule has 0 unspecified atom stereocenters. The van der Waals surface area contributed by atoms with Gasteiger partial charge in [0.1, 0.15) is 5.75 Å². The van der Waals surface area contributed by atoms with Gasteiger partial charge in [-0.15, -0.1) is 0 Å². The fraction of sp³-hybridized carbons (Fsp3) is 0.533. The number of hydrogen-bond donors (Lipinski definition) is 1. The van der Waals surface area contributed by atoms with Crippen LogP contribution in [-0.4, -0.2) is 37.6 Å². The van der Waals surface area contributed by atoms with E-state index in [1.54, 1.807) is 12.0 Å². The summed E-state index contributed by atoms with van der Waals surface area (Å²) >= 11 is 3.59. The Morgan fingerprint density at radius 2 is 2.25 bits per heavy atom. The topological polar surface area (TPSA) is 41.6 Å². The summed E-state index contributed by atoms with van der Waals surface area (Å²) in [5.74, 6) is 1.08. The number of halogens is 1. The molecule has 1 saturated heterocycles. The number of methoxy groups -OCH3 is 1. The first-order valence-electron chi connectivity index (χ1n) is 6.84. The Bertz CT molecular complexity index is 493. The van der Waals surface area contributed by atoms with Crippen molar-refractivity contribution in [2.45, 2.75) is 31.8 Å². The molecule has 1 heterocycles. The molecular weight excluding hydrogens is 320 g/mol. The third kappa shape index (κ3) is 3.52. The Morgan fingerprint density at radius 1 is 1.50 bits per heavy atom. The van der Waals surface area contributed by atoms with Gasteiger partial charge in [-0.05, 0) is 31.0 Å². The van der Waals surface area contributed by atoms with E-state index in [2.05, 4.69) is 34.2 Å². The molecule has 0 saturated carbocycles. The highest BCUT2D eigenvalue weighted by molar-refractivity contribution is 9.10. The van der Waals surface area contributed by atoms with E-state index in [9.17, 15) is 4.79 Å². The van der Waals surface area contributed by atoms with Crippen LogP contribution in [0.25, 0.3) is 0 Å². The summed E-state index contributed by atoms with van der Waals surface area (Å²) in [7, 11) is 3.53. The van der Waals surface area contributed by atoms with E-state index >= 15 is 0 Å². The van der Waals surface area contributed by atoms with Gasteiger partial charge in [-0.3, -0.25) is 4.79 Å². The lowest BCUT2D eigenvalue weighted by atomic mass is 10.0. The molecule has 1 amide bonds. The number of rotatable bonds is 4. The number of likely N-dealkylation sites (tertiary alicyclic amines) is 1. The number of carbonyl (C=O) groups excluding carboxylic acids is 1. The second kappa shape index (κ2) is 6.59. The quantitative estimate of drug-likeness (QED) is 0.916. The van der Waals surface area contributed by atoms with E-state index in [0.29, 0.717) is 12.5 Å². The fourth-order valence-electron chi connectivity index (χ4n) is 2.58. The smallest absolute Gasteiger partial charge is 0.222 e. The first-order chi connectivity index (χ1) is 9.51. The summed E-state index contributed by atoms with van der Waals surface area (Å²) in [4.78, 5) is 13.3. The summed E-state index contributed by atoms with van der Waals surface area (Å²) < 4.78 is 6.25. The average molecular weight is 341 g/mol. The maximum atomic E-state index is 11.5. The van der Waals surface area contributed by atoms with Gasteiger partial charge in [0, 0.05) is 36.6 Å². The minimum absolute atomic E-state index is 0.224. The first-order valence-corrected chi connectivity index (χ1v) is 7.64. The van der Waals surface area contributed by atoms with Crippen LogP contribution in [0.3, 0.4) is 0 Å². The molecule has 4 nitrogen and oxygen atoms in total. The summed E-state index contributed by atoms with van der Waals surface area (Å²) in [5, 5.41) is 3.60. The zero-order valence-corrected chi connectivity index (χ0v) is 13.7. The molecule has 0 spiro atoms. The second-order valence-corrected chi connectivity index (χ2v) is 6.14. The van der Waals surface area contributed by atoms with E-state index in [-0.39, 0.29) is 11.9 Å². The molecule has 1 aromatic rings. The fourth-order valence-corrected chi connectivity index (χ4v) is 3.28. The van der Waals surface area contributed by atoms with E-state index < -0.39 is 0 Å². The first kappa shape index (κ1) is 15.3. The monoisotopic (exact) mass is 340 g/mol. The van der Waals surface area contributed by atoms with Crippen LogP contribution >= 0.6 is 15.9 Å². The molecule has 1 fully saturated rings. The van der Waals surface area contributed by atoms with Gasteiger partial charge in [0.25, 0.3) is 0 Å². The number of amides is 1. The van der Waals surface area contributed by atoms with Gasteiger partial charge >= 0.3 is 0 Å². The van der Waals surface area contributed by atoms with Gasteiger partial charge in [0.05, 0.1) is 7.11 Å².